The van der Waals surface area contributed by atoms with E-state index in [1.165, 1.54) is 11.8 Å². The second kappa shape index (κ2) is 7.15. The van der Waals surface area contributed by atoms with Gasteiger partial charge in [-0.05, 0) is 36.8 Å². The number of rotatable bonds is 5. The average Bonchev–Trinajstić information content (AvgIpc) is 2.98. The fourth-order valence-electron chi connectivity index (χ4n) is 2.21. The van der Waals surface area contributed by atoms with Gasteiger partial charge in [0.25, 0.3) is 0 Å². The van der Waals surface area contributed by atoms with Gasteiger partial charge in [0, 0.05) is 16.8 Å². The number of aromatic amines is 1. The van der Waals surface area contributed by atoms with Gasteiger partial charge in [0.05, 0.1) is 23.9 Å². The molecular weight excluding hydrogens is 346 g/mol. The molecule has 2 N–H and O–H groups in total. The number of carbonyl (C=O) groups is 1. The Kier molecular flexibility index (Phi) is 4.97. The van der Waals surface area contributed by atoms with Crippen molar-refractivity contribution < 1.29 is 9.53 Å². The van der Waals surface area contributed by atoms with Crippen LogP contribution in [-0.2, 0) is 4.79 Å². The predicted molar refractivity (Wildman–Crippen MR) is 98.2 cm³/mol. The lowest BCUT2D eigenvalue weighted by Gasteiger charge is -2.08. The molecule has 1 heterocycles. The third-order valence-corrected chi connectivity index (χ3v) is 4.59. The molecule has 1 aromatic heterocycles. The standard InChI is InChI=1S/C17H16ClN3O2S/c1-10-3-4-11(18)7-14(10)19-16(22)9-24-17-20-13-6-5-12(23-2)8-15(13)21-17/h3-8H,9H2,1-2H3,(H,19,22)(H,20,21). The average molecular weight is 362 g/mol. The summed E-state index contributed by atoms with van der Waals surface area (Å²) >= 11 is 7.31. The van der Waals surface area contributed by atoms with Crippen molar-refractivity contribution in [2.45, 2.75) is 12.1 Å². The SMILES string of the molecule is COc1ccc2nc(SCC(=O)Nc3cc(Cl)ccc3C)[nH]c2c1. The van der Waals surface area contributed by atoms with Gasteiger partial charge in [-0.15, -0.1) is 0 Å². The number of imidazole rings is 1. The number of hydrogen-bond acceptors (Lipinski definition) is 4. The summed E-state index contributed by atoms with van der Waals surface area (Å²) in [5.74, 6) is 0.906. The van der Waals surface area contributed by atoms with E-state index < -0.39 is 0 Å². The molecule has 0 unspecified atom stereocenters. The Labute approximate surface area is 148 Å². The molecule has 2 aromatic carbocycles. The number of fused-ring (bicyclic) bond motifs is 1. The summed E-state index contributed by atoms with van der Waals surface area (Å²) in [6, 6.07) is 11.0. The topological polar surface area (TPSA) is 67.0 Å². The number of nitrogens with zero attached hydrogens (tertiary/aromatic N) is 1. The monoisotopic (exact) mass is 361 g/mol. The molecule has 7 heteroatoms. The van der Waals surface area contributed by atoms with Crippen LogP contribution in [0.5, 0.6) is 5.75 Å². The molecule has 0 fully saturated rings. The Morgan fingerprint density at radius 1 is 1.33 bits per heavy atom. The van der Waals surface area contributed by atoms with Crippen LogP contribution in [0, 0.1) is 6.92 Å². The van der Waals surface area contributed by atoms with E-state index >= 15 is 0 Å². The van der Waals surface area contributed by atoms with Crippen LogP contribution >= 0.6 is 23.4 Å². The number of benzene rings is 2. The number of ether oxygens (including phenoxy) is 1. The number of aromatic nitrogens is 2. The Morgan fingerprint density at radius 2 is 2.17 bits per heavy atom. The highest BCUT2D eigenvalue weighted by Gasteiger charge is 2.09. The third kappa shape index (κ3) is 3.83. The van der Waals surface area contributed by atoms with E-state index in [1.54, 1.807) is 19.2 Å². The molecule has 0 saturated heterocycles. The third-order valence-electron chi connectivity index (χ3n) is 3.48. The summed E-state index contributed by atoms with van der Waals surface area (Å²) in [5, 5.41) is 4.15. The van der Waals surface area contributed by atoms with Crippen molar-refractivity contribution in [1.29, 1.82) is 0 Å². The summed E-state index contributed by atoms with van der Waals surface area (Å²) in [6.45, 7) is 1.92. The van der Waals surface area contributed by atoms with E-state index in [4.69, 9.17) is 16.3 Å². The van der Waals surface area contributed by atoms with E-state index in [0.717, 1.165) is 28.0 Å². The fourth-order valence-corrected chi connectivity index (χ4v) is 3.07. The molecule has 3 rings (SSSR count). The van der Waals surface area contributed by atoms with E-state index in [1.807, 2.05) is 31.2 Å². The first kappa shape index (κ1) is 16.7. The molecule has 0 atom stereocenters. The van der Waals surface area contributed by atoms with Crippen LogP contribution in [0.15, 0.2) is 41.6 Å². The summed E-state index contributed by atoms with van der Waals surface area (Å²) in [6.07, 6.45) is 0. The molecule has 0 aliphatic heterocycles. The first-order valence-electron chi connectivity index (χ1n) is 7.28. The molecule has 0 bridgehead atoms. The number of H-pyrrole nitrogens is 1. The van der Waals surface area contributed by atoms with Gasteiger partial charge < -0.3 is 15.0 Å². The lowest BCUT2D eigenvalue weighted by atomic mass is 10.2. The fraction of sp³-hybridized carbons (Fsp3) is 0.176. The van der Waals surface area contributed by atoms with Gasteiger partial charge in [0.15, 0.2) is 5.16 Å². The second-order valence-electron chi connectivity index (χ2n) is 5.22. The van der Waals surface area contributed by atoms with Gasteiger partial charge in [-0.25, -0.2) is 4.98 Å². The van der Waals surface area contributed by atoms with Crippen molar-refractivity contribution in [3.05, 3.63) is 47.0 Å². The molecule has 24 heavy (non-hydrogen) atoms. The highest BCUT2D eigenvalue weighted by molar-refractivity contribution is 7.99. The van der Waals surface area contributed by atoms with E-state index in [9.17, 15) is 4.79 Å². The summed E-state index contributed by atoms with van der Waals surface area (Å²) in [5.41, 5.74) is 3.41. The largest absolute Gasteiger partial charge is 0.497 e. The second-order valence-corrected chi connectivity index (χ2v) is 6.62. The normalized spacial score (nSPS) is 10.8. The first-order valence-corrected chi connectivity index (χ1v) is 8.64. The van der Waals surface area contributed by atoms with Crippen LogP contribution in [0.1, 0.15) is 5.56 Å². The molecule has 0 spiro atoms. The van der Waals surface area contributed by atoms with Crippen molar-refractivity contribution >= 4 is 46.0 Å². The van der Waals surface area contributed by atoms with Crippen LogP contribution in [0.25, 0.3) is 11.0 Å². The Bertz CT molecular complexity index is 895. The molecule has 0 saturated carbocycles. The number of aryl methyl sites for hydroxylation is 1. The summed E-state index contributed by atoms with van der Waals surface area (Å²) < 4.78 is 5.19. The predicted octanol–water partition coefficient (Wildman–Crippen LogP) is 4.26. The van der Waals surface area contributed by atoms with Crippen LogP contribution < -0.4 is 10.1 Å². The van der Waals surface area contributed by atoms with Crippen LogP contribution in [0.4, 0.5) is 5.69 Å². The van der Waals surface area contributed by atoms with Crippen LogP contribution in [0.2, 0.25) is 5.02 Å². The zero-order valence-electron chi connectivity index (χ0n) is 13.2. The molecule has 0 radical (unpaired) electrons. The molecule has 1 amide bonds. The molecule has 124 valence electrons. The van der Waals surface area contributed by atoms with Gasteiger partial charge >= 0.3 is 0 Å². The highest BCUT2D eigenvalue weighted by Crippen LogP contribution is 2.24. The van der Waals surface area contributed by atoms with Gasteiger partial charge in [0.1, 0.15) is 5.75 Å². The zero-order valence-corrected chi connectivity index (χ0v) is 14.8. The van der Waals surface area contributed by atoms with E-state index in [0.29, 0.717) is 10.2 Å². The number of thioether (sulfide) groups is 1. The summed E-state index contributed by atoms with van der Waals surface area (Å²) in [7, 11) is 1.62. The number of hydrogen-bond donors (Lipinski definition) is 2. The van der Waals surface area contributed by atoms with Crippen LogP contribution in [-0.4, -0.2) is 28.7 Å². The van der Waals surface area contributed by atoms with Gasteiger partial charge in [-0.2, -0.15) is 0 Å². The first-order chi connectivity index (χ1) is 11.5. The molecule has 0 aliphatic carbocycles. The lowest BCUT2D eigenvalue weighted by molar-refractivity contribution is -0.113. The number of carbonyl (C=O) groups excluding carboxylic acids is 1. The molecule has 5 nitrogen and oxygen atoms in total. The van der Waals surface area contributed by atoms with E-state index in [2.05, 4.69) is 15.3 Å². The number of halogens is 1. The quantitative estimate of drug-likeness (QED) is 0.666. The zero-order chi connectivity index (χ0) is 17.1. The van der Waals surface area contributed by atoms with Gasteiger partial charge in [0.2, 0.25) is 5.91 Å². The van der Waals surface area contributed by atoms with Crippen LogP contribution in [0.3, 0.4) is 0 Å². The minimum atomic E-state index is -0.108. The lowest BCUT2D eigenvalue weighted by Crippen LogP contribution is -2.14. The highest BCUT2D eigenvalue weighted by atomic mass is 35.5. The Hall–Kier alpha value is -2.18. The van der Waals surface area contributed by atoms with Crippen molar-refractivity contribution in [3.8, 4) is 5.75 Å². The Balaban J connectivity index is 1.64. The molecule has 0 aliphatic rings. The maximum absolute atomic E-state index is 12.1. The Morgan fingerprint density at radius 3 is 2.96 bits per heavy atom. The van der Waals surface area contributed by atoms with Crippen molar-refractivity contribution in [1.82, 2.24) is 9.97 Å². The van der Waals surface area contributed by atoms with Crippen molar-refractivity contribution in [2.75, 3.05) is 18.2 Å². The van der Waals surface area contributed by atoms with Crippen molar-refractivity contribution in [2.24, 2.45) is 0 Å². The van der Waals surface area contributed by atoms with Gasteiger partial charge in [-0.1, -0.05) is 29.4 Å². The van der Waals surface area contributed by atoms with Crippen molar-refractivity contribution in [3.63, 3.8) is 0 Å². The minimum absolute atomic E-state index is 0.108. The van der Waals surface area contributed by atoms with Gasteiger partial charge in [-0.3, -0.25) is 4.79 Å². The summed E-state index contributed by atoms with van der Waals surface area (Å²) in [4.78, 5) is 19.8. The number of amides is 1. The maximum Gasteiger partial charge on any atom is 0.234 e. The maximum atomic E-state index is 12.1. The minimum Gasteiger partial charge on any atom is -0.497 e. The number of methoxy groups -OCH3 is 1. The van der Waals surface area contributed by atoms with E-state index in [-0.39, 0.29) is 11.7 Å². The smallest absolute Gasteiger partial charge is 0.234 e. The molecule has 3 aromatic rings. The number of anilines is 1. The number of nitrogens with one attached hydrogen (secondary N) is 2. The molecular formula is C17H16ClN3O2S.